The fourth-order valence-electron chi connectivity index (χ4n) is 2.48. The van der Waals surface area contributed by atoms with E-state index in [-0.39, 0.29) is 0 Å². The summed E-state index contributed by atoms with van der Waals surface area (Å²) in [6.45, 7) is 11.5. The van der Waals surface area contributed by atoms with Crippen LogP contribution in [0.25, 0.3) is 0 Å². The molecule has 1 aliphatic rings. The van der Waals surface area contributed by atoms with Crippen LogP contribution in [0.4, 0.5) is 0 Å². The van der Waals surface area contributed by atoms with Gasteiger partial charge in [-0.1, -0.05) is 6.92 Å². The highest BCUT2D eigenvalue weighted by molar-refractivity contribution is 7.11. The van der Waals surface area contributed by atoms with E-state index < -0.39 is 0 Å². The highest BCUT2D eigenvalue weighted by atomic mass is 32.1. The van der Waals surface area contributed by atoms with Crippen molar-refractivity contribution in [1.29, 1.82) is 0 Å². The lowest BCUT2D eigenvalue weighted by Crippen LogP contribution is -2.48. The molecule has 0 radical (unpaired) electrons. The van der Waals surface area contributed by atoms with E-state index in [1.165, 1.54) is 35.7 Å². The summed E-state index contributed by atoms with van der Waals surface area (Å²) in [4.78, 5) is 5.53. The van der Waals surface area contributed by atoms with E-state index in [4.69, 9.17) is 0 Å². The fraction of sp³-hybridized carbons (Fsp3) is 0.714. The Balaban J connectivity index is 1.99. The zero-order valence-corrected chi connectivity index (χ0v) is 12.1. The first-order chi connectivity index (χ1) is 8.11. The number of aryl methyl sites for hydroxylation is 1. The first-order valence-corrected chi connectivity index (χ1v) is 7.46. The molecular weight excluding hydrogens is 228 g/mol. The molecule has 1 unspecified atom stereocenters. The average Bonchev–Trinajstić information content (AvgIpc) is 2.59. The van der Waals surface area contributed by atoms with E-state index >= 15 is 0 Å². The van der Waals surface area contributed by atoms with Crippen molar-refractivity contribution in [2.45, 2.75) is 45.7 Å². The molecule has 1 aliphatic heterocycles. The minimum Gasteiger partial charge on any atom is -0.310 e. The zero-order chi connectivity index (χ0) is 12.3. The van der Waals surface area contributed by atoms with Crippen molar-refractivity contribution in [3.05, 3.63) is 21.9 Å². The van der Waals surface area contributed by atoms with Crippen molar-refractivity contribution < 1.29 is 0 Å². The monoisotopic (exact) mass is 252 g/mol. The molecule has 1 saturated heterocycles. The molecule has 96 valence electrons. The summed E-state index contributed by atoms with van der Waals surface area (Å²) in [5.74, 6) is 0. The Bertz CT molecular complexity index is 361. The van der Waals surface area contributed by atoms with Gasteiger partial charge >= 0.3 is 0 Å². The molecule has 1 atom stereocenters. The summed E-state index contributed by atoms with van der Waals surface area (Å²) in [7, 11) is 0. The van der Waals surface area contributed by atoms with E-state index in [9.17, 15) is 0 Å². The lowest BCUT2D eigenvalue weighted by Gasteiger charge is -2.32. The molecule has 1 aromatic rings. The lowest BCUT2D eigenvalue weighted by molar-refractivity contribution is 0.210. The Hall–Kier alpha value is -0.380. The molecule has 1 fully saturated rings. The van der Waals surface area contributed by atoms with E-state index in [1.807, 2.05) is 11.3 Å². The number of nitrogens with one attached hydrogen (secondary N) is 1. The van der Waals surface area contributed by atoms with E-state index in [1.54, 1.807) is 0 Å². The van der Waals surface area contributed by atoms with Gasteiger partial charge in [0.15, 0.2) is 0 Å². The quantitative estimate of drug-likeness (QED) is 0.889. The summed E-state index contributed by atoms with van der Waals surface area (Å²) in [6.07, 6.45) is 2.47. The second-order valence-corrected chi connectivity index (χ2v) is 6.79. The van der Waals surface area contributed by atoms with Gasteiger partial charge in [0, 0.05) is 28.4 Å². The van der Waals surface area contributed by atoms with Gasteiger partial charge in [0.1, 0.15) is 0 Å². The number of thiophene rings is 1. The van der Waals surface area contributed by atoms with Gasteiger partial charge in [0.2, 0.25) is 0 Å². The molecule has 2 rings (SSSR count). The topological polar surface area (TPSA) is 15.3 Å². The van der Waals surface area contributed by atoms with Gasteiger partial charge in [-0.2, -0.15) is 0 Å². The average molecular weight is 252 g/mol. The summed E-state index contributed by atoms with van der Waals surface area (Å²) in [5.41, 5.74) is 0.294. The van der Waals surface area contributed by atoms with Crippen LogP contribution >= 0.6 is 11.3 Å². The van der Waals surface area contributed by atoms with Gasteiger partial charge in [-0.15, -0.1) is 11.3 Å². The Morgan fingerprint density at radius 2 is 2.29 bits per heavy atom. The molecule has 17 heavy (non-hydrogen) atoms. The largest absolute Gasteiger partial charge is 0.310 e. The molecule has 0 saturated carbocycles. The summed E-state index contributed by atoms with van der Waals surface area (Å²) in [5, 5.41) is 3.69. The van der Waals surface area contributed by atoms with Gasteiger partial charge in [-0.3, -0.25) is 4.90 Å². The third kappa shape index (κ3) is 3.54. The highest BCUT2D eigenvalue weighted by Gasteiger charge is 2.26. The number of nitrogens with zero attached hydrogens (tertiary/aromatic N) is 1. The van der Waals surface area contributed by atoms with Crippen LogP contribution in [0.15, 0.2) is 12.1 Å². The highest BCUT2D eigenvalue weighted by Crippen LogP contribution is 2.21. The molecular formula is C14H24N2S. The number of hydrogen-bond acceptors (Lipinski definition) is 3. The second kappa shape index (κ2) is 5.51. The predicted molar refractivity (Wildman–Crippen MR) is 75.6 cm³/mol. The van der Waals surface area contributed by atoms with Crippen LogP contribution in [0.1, 0.15) is 36.4 Å². The SMILES string of the molecule is CCC1(C)CN(Cc2ccc(C)s2)CCCN1. The predicted octanol–water partition coefficient (Wildman–Crippen LogP) is 3.02. The van der Waals surface area contributed by atoms with Gasteiger partial charge in [0.25, 0.3) is 0 Å². The van der Waals surface area contributed by atoms with Crippen molar-refractivity contribution >= 4 is 11.3 Å². The van der Waals surface area contributed by atoms with Crippen molar-refractivity contribution in [2.75, 3.05) is 19.6 Å². The van der Waals surface area contributed by atoms with E-state index in [0.29, 0.717) is 5.54 Å². The van der Waals surface area contributed by atoms with Crippen molar-refractivity contribution in [3.8, 4) is 0 Å². The van der Waals surface area contributed by atoms with Crippen LogP contribution in [0.5, 0.6) is 0 Å². The van der Waals surface area contributed by atoms with Crippen molar-refractivity contribution in [2.24, 2.45) is 0 Å². The van der Waals surface area contributed by atoms with Crippen LogP contribution in [-0.4, -0.2) is 30.1 Å². The van der Waals surface area contributed by atoms with Crippen LogP contribution in [-0.2, 0) is 6.54 Å². The maximum atomic E-state index is 3.69. The maximum Gasteiger partial charge on any atom is 0.0328 e. The molecule has 3 heteroatoms. The summed E-state index contributed by atoms with van der Waals surface area (Å²) >= 11 is 1.93. The fourth-order valence-corrected chi connectivity index (χ4v) is 3.42. The van der Waals surface area contributed by atoms with Gasteiger partial charge in [0.05, 0.1) is 0 Å². The van der Waals surface area contributed by atoms with Gasteiger partial charge in [-0.05, 0) is 51.9 Å². The number of hydrogen-bond donors (Lipinski definition) is 1. The second-order valence-electron chi connectivity index (χ2n) is 5.42. The molecule has 0 aromatic carbocycles. The molecule has 0 aliphatic carbocycles. The zero-order valence-electron chi connectivity index (χ0n) is 11.3. The van der Waals surface area contributed by atoms with Crippen LogP contribution < -0.4 is 5.32 Å². The van der Waals surface area contributed by atoms with Gasteiger partial charge in [-0.25, -0.2) is 0 Å². The normalized spacial score (nSPS) is 27.0. The summed E-state index contributed by atoms with van der Waals surface area (Å²) in [6, 6.07) is 4.51. The van der Waals surface area contributed by atoms with Crippen LogP contribution in [0, 0.1) is 6.92 Å². The Labute approximate surface area is 109 Å². The van der Waals surface area contributed by atoms with E-state index in [2.05, 4.69) is 43.1 Å². The minimum atomic E-state index is 0.294. The third-order valence-electron chi connectivity index (χ3n) is 3.73. The summed E-state index contributed by atoms with van der Waals surface area (Å²) < 4.78 is 0. The lowest BCUT2D eigenvalue weighted by atomic mass is 9.98. The Kier molecular flexibility index (Phi) is 4.23. The van der Waals surface area contributed by atoms with Crippen molar-refractivity contribution in [3.63, 3.8) is 0 Å². The van der Waals surface area contributed by atoms with E-state index in [0.717, 1.165) is 13.1 Å². The molecule has 0 spiro atoms. The third-order valence-corrected chi connectivity index (χ3v) is 4.72. The number of rotatable bonds is 3. The molecule has 1 aromatic heterocycles. The first-order valence-electron chi connectivity index (χ1n) is 6.64. The van der Waals surface area contributed by atoms with Crippen molar-refractivity contribution in [1.82, 2.24) is 10.2 Å². The first kappa shape index (κ1) is 13.1. The Morgan fingerprint density at radius 1 is 1.47 bits per heavy atom. The molecule has 0 bridgehead atoms. The maximum absolute atomic E-state index is 3.69. The Morgan fingerprint density at radius 3 is 2.94 bits per heavy atom. The van der Waals surface area contributed by atoms with Crippen LogP contribution in [0.2, 0.25) is 0 Å². The molecule has 1 N–H and O–H groups in total. The minimum absolute atomic E-state index is 0.294. The molecule has 0 amide bonds. The molecule has 2 nitrogen and oxygen atoms in total. The van der Waals surface area contributed by atoms with Crippen LogP contribution in [0.3, 0.4) is 0 Å². The van der Waals surface area contributed by atoms with Gasteiger partial charge < -0.3 is 5.32 Å². The standard InChI is InChI=1S/C14H24N2S/c1-4-14(3)11-16(9-5-8-15-14)10-13-7-6-12(2)17-13/h6-7,15H,4-5,8-11H2,1-3H3. The smallest absolute Gasteiger partial charge is 0.0328 e. The molecule has 2 heterocycles.